The minimum Gasteiger partial charge on any atom is -0.348 e. The van der Waals surface area contributed by atoms with Gasteiger partial charge >= 0.3 is 0 Å². The molecule has 172 valence electrons. The Morgan fingerprint density at radius 3 is 2.42 bits per heavy atom. The third-order valence-electron chi connectivity index (χ3n) is 6.24. The van der Waals surface area contributed by atoms with E-state index in [1.165, 1.54) is 11.0 Å². The Bertz CT molecular complexity index is 1090. The summed E-state index contributed by atoms with van der Waals surface area (Å²) in [4.78, 5) is 53.7. The molecule has 4 rings (SSSR count). The molecule has 1 fully saturated rings. The van der Waals surface area contributed by atoms with Gasteiger partial charge in [-0.1, -0.05) is 25.5 Å². The molecule has 0 saturated carbocycles. The van der Waals surface area contributed by atoms with Crippen LogP contribution in [0.3, 0.4) is 0 Å². The van der Waals surface area contributed by atoms with E-state index in [0.29, 0.717) is 23.2 Å². The minimum absolute atomic E-state index is 0.0253. The average Bonchev–Trinajstić information content (AvgIpc) is 3.10. The number of piperidine rings is 1. The van der Waals surface area contributed by atoms with Gasteiger partial charge in [0.05, 0.1) is 11.1 Å². The van der Waals surface area contributed by atoms with Gasteiger partial charge in [-0.3, -0.25) is 24.1 Å². The van der Waals surface area contributed by atoms with Crippen LogP contribution in [0.4, 0.5) is 0 Å². The maximum atomic E-state index is 12.7. The van der Waals surface area contributed by atoms with Crippen LogP contribution < -0.4 is 5.32 Å². The molecule has 7 heteroatoms. The van der Waals surface area contributed by atoms with Gasteiger partial charge in [0.2, 0.25) is 0 Å². The molecule has 2 aliphatic heterocycles. The smallest absolute Gasteiger partial charge is 0.261 e. The van der Waals surface area contributed by atoms with Gasteiger partial charge in [-0.25, -0.2) is 0 Å². The number of unbranched alkanes of at least 4 members (excludes halogenated alkanes) is 1. The first-order chi connectivity index (χ1) is 16.0. The number of carbonyl (C=O) groups is 4. The van der Waals surface area contributed by atoms with Gasteiger partial charge in [0, 0.05) is 37.3 Å². The summed E-state index contributed by atoms with van der Waals surface area (Å²) in [7, 11) is 0. The van der Waals surface area contributed by atoms with Crippen molar-refractivity contribution in [1.82, 2.24) is 15.1 Å². The normalized spacial score (nSPS) is 15.5. The van der Waals surface area contributed by atoms with Crippen molar-refractivity contribution in [2.45, 2.75) is 45.6 Å². The third-order valence-corrected chi connectivity index (χ3v) is 6.24. The third kappa shape index (κ3) is 4.82. The van der Waals surface area contributed by atoms with Crippen molar-refractivity contribution >= 4 is 23.6 Å². The Balaban J connectivity index is 1.41. The van der Waals surface area contributed by atoms with E-state index in [4.69, 9.17) is 0 Å². The van der Waals surface area contributed by atoms with E-state index in [2.05, 4.69) is 5.32 Å². The van der Waals surface area contributed by atoms with Gasteiger partial charge < -0.3 is 10.2 Å². The highest BCUT2D eigenvalue weighted by Crippen LogP contribution is 2.24. The number of imide groups is 1. The lowest BCUT2D eigenvalue weighted by molar-refractivity contribution is 0.0650. The molecule has 33 heavy (non-hydrogen) atoms. The van der Waals surface area contributed by atoms with E-state index in [-0.39, 0.29) is 35.7 Å². The summed E-state index contributed by atoms with van der Waals surface area (Å²) in [6, 6.07) is 11.9. The van der Waals surface area contributed by atoms with E-state index >= 15 is 0 Å². The van der Waals surface area contributed by atoms with Crippen molar-refractivity contribution < 1.29 is 19.2 Å². The predicted molar refractivity (Wildman–Crippen MR) is 124 cm³/mol. The van der Waals surface area contributed by atoms with Gasteiger partial charge in [0.1, 0.15) is 0 Å². The first-order valence-corrected chi connectivity index (χ1v) is 11.7. The zero-order chi connectivity index (χ0) is 23.4. The molecule has 1 saturated heterocycles. The summed E-state index contributed by atoms with van der Waals surface area (Å²) in [6.07, 6.45) is 4.86. The van der Waals surface area contributed by atoms with Crippen LogP contribution in [-0.2, 0) is 6.54 Å². The Labute approximate surface area is 193 Å². The molecule has 7 nitrogen and oxygen atoms in total. The lowest BCUT2D eigenvalue weighted by Gasteiger charge is -2.26. The van der Waals surface area contributed by atoms with E-state index < -0.39 is 0 Å². The van der Waals surface area contributed by atoms with Gasteiger partial charge in [0.25, 0.3) is 23.6 Å². The Hall–Kier alpha value is -3.48. The first kappa shape index (κ1) is 22.7. The van der Waals surface area contributed by atoms with Crippen LogP contribution in [0.15, 0.2) is 42.5 Å². The zero-order valence-corrected chi connectivity index (χ0v) is 18.9. The molecule has 0 radical (unpaired) electrons. The summed E-state index contributed by atoms with van der Waals surface area (Å²) in [5.74, 6) is -0.956. The largest absolute Gasteiger partial charge is 0.348 e. The SMILES string of the molecule is CCCCN1C(=O)c2ccc(C(=O)NCc3cccc(C(=O)N4CCCCC4)c3)cc2C1=O. The fraction of sp³-hybridized carbons (Fsp3) is 0.385. The molecule has 0 atom stereocenters. The minimum atomic E-state index is -0.345. The van der Waals surface area contributed by atoms with Crippen molar-refractivity contribution in [1.29, 1.82) is 0 Å². The molecule has 0 aromatic heterocycles. The van der Waals surface area contributed by atoms with Gasteiger partial charge in [-0.2, -0.15) is 0 Å². The van der Waals surface area contributed by atoms with E-state index in [0.717, 1.165) is 50.8 Å². The van der Waals surface area contributed by atoms with Crippen LogP contribution in [0.5, 0.6) is 0 Å². The summed E-state index contributed by atoms with van der Waals surface area (Å²) in [5, 5.41) is 2.85. The molecular weight excluding hydrogens is 418 g/mol. The molecular formula is C26H29N3O4. The van der Waals surface area contributed by atoms with Crippen molar-refractivity contribution in [3.05, 3.63) is 70.3 Å². The van der Waals surface area contributed by atoms with Crippen molar-refractivity contribution in [2.75, 3.05) is 19.6 Å². The monoisotopic (exact) mass is 447 g/mol. The number of hydrogen-bond acceptors (Lipinski definition) is 4. The molecule has 2 aromatic carbocycles. The van der Waals surface area contributed by atoms with Gasteiger partial charge in [-0.15, -0.1) is 0 Å². The van der Waals surface area contributed by atoms with E-state index in [1.807, 2.05) is 30.0 Å². The van der Waals surface area contributed by atoms with E-state index in [9.17, 15) is 19.2 Å². The predicted octanol–water partition coefficient (Wildman–Crippen LogP) is 3.64. The molecule has 0 bridgehead atoms. The molecule has 0 unspecified atom stereocenters. The van der Waals surface area contributed by atoms with Crippen LogP contribution >= 0.6 is 0 Å². The summed E-state index contributed by atoms with van der Waals surface area (Å²) < 4.78 is 0. The quantitative estimate of drug-likeness (QED) is 0.657. The summed E-state index contributed by atoms with van der Waals surface area (Å²) >= 11 is 0. The molecule has 0 aliphatic carbocycles. The fourth-order valence-corrected chi connectivity index (χ4v) is 4.33. The van der Waals surface area contributed by atoms with Crippen molar-refractivity contribution in [3.63, 3.8) is 0 Å². The Kier molecular flexibility index (Phi) is 6.87. The number of nitrogens with zero attached hydrogens (tertiary/aromatic N) is 2. The van der Waals surface area contributed by atoms with Crippen molar-refractivity contribution in [3.8, 4) is 0 Å². The number of benzene rings is 2. The number of nitrogens with one attached hydrogen (secondary N) is 1. The number of hydrogen-bond donors (Lipinski definition) is 1. The van der Waals surface area contributed by atoms with Crippen LogP contribution in [0.25, 0.3) is 0 Å². The highest BCUT2D eigenvalue weighted by Gasteiger charge is 2.35. The van der Waals surface area contributed by atoms with Gasteiger partial charge in [0.15, 0.2) is 0 Å². The molecule has 2 heterocycles. The van der Waals surface area contributed by atoms with Crippen LogP contribution in [0.2, 0.25) is 0 Å². The van der Waals surface area contributed by atoms with Crippen LogP contribution in [0, 0.1) is 0 Å². The Morgan fingerprint density at radius 1 is 0.909 bits per heavy atom. The lowest BCUT2D eigenvalue weighted by Crippen LogP contribution is -2.35. The first-order valence-electron chi connectivity index (χ1n) is 11.7. The second-order valence-corrected chi connectivity index (χ2v) is 8.61. The molecule has 4 amide bonds. The number of likely N-dealkylation sites (tertiary alicyclic amines) is 1. The van der Waals surface area contributed by atoms with E-state index in [1.54, 1.807) is 18.2 Å². The highest BCUT2D eigenvalue weighted by atomic mass is 16.2. The molecule has 2 aliphatic rings. The van der Waals surface area contributed by atoms with Crippen LogP contribution in [-0.4, -0.2) is 53.1 Å². The topological polar surface area (TPSA) is 86.8 Å². The average molecular weight is 448 g/mol. The van der Waals surface area contributed by atoms with Crippen LogP contribution in [0.1, 0.15) is 86.0 Å². The fourth-order valence-electron chi connectivity index (χ4n) is 4.33. The standard InChI is InChI=1S/C26H29N3O4/c1-2-3-14-29-25(32)21-11-10-19(16-22(21)26(29)33)23(30)27-17-18-8-7-9-20(15-18)24(31)28-12-5-4-6-13-28/h7-11,15-16H,2-6,12-14,17H2,1H3,(H,27,30). The number of fused-ring (bicyclic) bond motifs is 1. The zero-order valence-electron chi connectivity index (χ0n) is 18.9. The second-order valence-electron chi connectivity index (χ2n) is 8.61. The highest BCUT2D eigenvalue weighted by molar-refractivity contribution is 6.22. The molecule has 0 spiro atoms. The lowest BCUT2D eigenvalue weighted by atomic mass is 10.0. The molecule has 2 aromatic rings. The molecule has 1 N–H and O–H groups in total. The van der Waals surface area contributed by atoms with Gasteiger partial charge in [-0.05, 0) is 61.6 Å². The summed E-state index contributed by atoms with van der Waals surface area (Å²) in [5.41, 5.74) is 2.39. The number of rotatable bonds is 7. The summed E-state index contributed by atoms with van der Waals surface area (Å²) in [6.45, 7) is 4.22. The number of amides is 4. The second kappa shape index (κ2) is 9.98. The Morgan fingerprint density at radius 2 is 1.67 bits per heavy atom. The number of carbonyl (C=O) groups excluding carboxylic acids is 4. The van der Waals surface area contributed by atoms with Crippen molar-refractivity contribution in [2.24, 2.45) is 0 Å². The maximum Gasteiger partial charge on any atom is 0.261 e. The maximum absolute atomic E-state index is 12.7.